The van der Waals surface area contributed by atoms with E-state index in [4.69, 9.17) is 21.4 Å². The van der Waals surface area contributed by atoms with Gasteiger partial charge in [-0.1, -0.05) is 11.6 Å². The first-order valence-corrected chi connectivity index (χ1v) is 8.08. The summed E-state index contributed by atoms with van der Waals surface area (Å²) in [6.07, 6.45) is 0. The Morgan fingerprint density at radius 2 is 2.32 bits per heavy atom. The van der Waals surface area contributed by atoms with Crippen molar-refractivity contribution in [3.63, 3.8) is 0 Å². The molecule has 19 heavy (non-hydrogen) atoms. The van der Waals surface area contributed by atoms with Crippen LogP contribution in [0.1, 0.15) is 6.92 Å². The molecule has 0 saturated carbocycles. The van der Waals surface area contributed by atoms with E-state index in [2.05, 4.69) is 0 Å². The molecule has 1 aromatic rings. The van der Waals surface area contributed by atoms with Gasteiger partial charge in [-0.15, -0.1) is 11.3 Å². The van der Waals surface area contributed by atoms with Gasteiger partial charge in [-0.25, -0.2) is 13.2 Å². The van der Waals surface area contributed by atoms with E-state index in [0.717, 1.165) is 15.6 Å². The number of carbonyl (C=O) groups is 1. The van der Waals surface area contributed by atoms with Crippen molar-refractivity contribution in [3.8, 4) is 0 Å². The molecule has 1 N–H and O–H groups in total. The maximum atomic E-state index is 12.4. The van der Waals surface area contributed by atoms with Gasteiger partial charge in [0.15, 0.2) is 5.60 Å². The standard InChI is InChI=1S/C10H12ClNO5S2/c1-10(9(13)14)6-12(3-4-17-10)19(15,16)7-2-5-18-8(7)11/h2,5H,3-4,6H2,1H3,(H,13,14). The number of ether oxygens (including phenoxy) is 1. The number of carboxylic acids is 1. The lowest BCUT2D eigenvalue weighted by atomic mass is 10.1. The molecule has 1 aromatic heterocycles. The third-order valence-electron chi connectivity index (χ3n) is 2.89. The number of carboxylic acid groups (broad SMARTS) is 1. The zero-order valence-electron chi connectivity index (χ0n) is 10.00. The Balaban J connectivity index is 2.32. The fourth-order valence-electron chi connectivity index (χ4n) is 1.77. The molecule has 2 rings (SSSR count). The minimum absolute atomic E-state index is 0.00815. The van der Waals surface area contributed by atoms with E-state index in [9.17, 15) is 13.2 Å². The van der Waals surface area contributed by atoms with Crippen molar-refractivity contribution >= 4 is 38.9 Å². The van der Waals surface area contributed by atoms with Crippen molar-refractivity contribution in [3.05, 3.63) is 15.8 Å². The highest BCUT2D eigenvalue weighted by molar-refractivity contribution is 7.89. The molecular weight excluding hydrogens is 314 g/mol. The smallest absolute Gasteiger partial charge is 0.337 e. The van der Waals surface area contributed by atoms with Crippen LogP contribution in [-0.2, 0) is 19.6 Å². The highest BCUT2D eigenvalue weighted by atomic mass is 35.5. The summed E-state index contributed by atoms with van der Waals surface area (Å²) in [6.45, 7) is 1.25. The number of halogens is 1. The van der Waals surface area contributed by atoms with Gasteiger partial charge >= 0.3 is 5.97 Å². The third-order valence-corrected chi connectivity index (χ3v) is 6.19. The zero-order valence-corrected chi connectivity index (χ0v) is 12.4. The van der Waals surface area contributed by atoms with Crippen molar-refractivity contribution in [2.45, 2.75) is 17.4 Å². The minimum atomic E-state index is -3.79. The van der Waals surface area contributed by atoms with Gasteiger partial charge in [-0.3, -0.25) is 0 Å². The predicted molar refractivity (Wildman–Crippen MR) is 70.1 cm³/mol. The molecule has 9 heteroatoms. The van der Waals surface area contributed by atoms with E-state index >= 15 is 0 Å². The topological polar surface area (TPSA) is 83.9 Å². The molecule has 0 spiro atoms. The summed E-state index contributed by atoms with van der Waals surface area (Å²) in [5, 5.41) is 10.7. The summed E-state index contributed by atoms with van der Waals surface area (Å²) in [7, 11) is -3.79. The first kappa shape index (κ1) is 14.7. The van der Waals surface area contributed by atoms with Crippen LogP contribution in [0.2, 0.25) is 4.34 Å². The molecule has 1 aliphatic rings. The molecule has 1 aliphatic heterocycles. The van der Waals surface area contributed by atoms with E-state index in [1.54, 1.807) is 5.38 Å². The molecule has 1 fully saturated rings. The number of aliphatic carboxylic acids is 1. The molecular formula is C10H12ClNO5S2. The Morgan fingerprint density at radius 3 is 2.84 bits per heavy atom. The molecule has 1 saturated heterocycles. The number of hydrogen-bond donors (Lipinski definition) is 1. The highest BCUT2D eigenvalue weighted by Gasteiger charge is 2.43. The molecule has 106 valence electrons. The molecule has 0 aliphatic carbocycles. The van der Waals surface area contributed by atoms with Crippen LogP contribution in [0.3, 0.4) is 0 Å². The van der Waals surface area contributed by atoms with Gasteiger partial charge in [0.2, 0.25) is 10.0 Å². The number of rotatable bonds is 3. The minimum Gasteiger partial charge on any atom is -0.479 e. The Morgan fingerprint density at radius 1 is 1.63 bits per heavy atom. The van der Waals surface area contributed by atoms with Gasteiger partial charge < -0.3 is 9.84 Å². The van der Waals surface area contributed by atoms with Crippen LogP contribution in [0.4, 0.5) is 0 Å². The quantitative estimate of drug-likeness (QED) is 0.904. The lowest BCUT2D eigenvalue weighted by Gasteiger charge is -2.36. The van der Waals surface area contributed by atoms with Gasteiger partial charge in [0.1, 0.15) is 9.23 Å². The van der Waals surface area contributed by atoms with Crippen molar-refractivity contribution in [2.75, 3.05) is 19.7 Å². The summed E-state index contributed by atoms with van der Waals surface area (Å²) in [5.74, 6) is -1.19. The lowest BCUT2D eigenvalue weighted by Crippen LogP contribution is -2.56. The summed E-state index contributed by atoms with van der Waals surface area (Å²) in [4.78, 5) is 11.1. The van der Waals surface area contributed by atoms with Crippen LogP contribution in [0.25, 0.3) is 0 Å². The molecule has 1 atom stereocenters. The van der Waals surface area contributed by atoms with E-state index in [-0.39, 0.29) is 28.9 Å². The van der Waals surface area contributed by atoms with E-state index in [0.29, 0.717) is 0 Å². The molecule has 2 heterocycles. The maximum absolute atomic E-state index is 12.4. The van der Waals surface area contributed by atoms with E-state index in [1.165, 1.54) is 13.0 Å². The van der Waals surface area contributed by atoms with Crippen molar-refractivity contribution in [1.29, 1.82) is 0 Å². The van der Waals surface area contributed by atoms with Crippen LogP contribution < -0.4 is 0 Å². The third kappa shape index (κ3) is 2.63. The number of sulfonamides is 1. The second kappa shape index (κ2) is 5.02. The molecule has 0 aromatic carbocycles. The van der Waals surface area contributed by atoms with E-state index < -0.39 is 21.6 Å². The van der Waals surface area contributed by atoms with Crippen molar-refractivity contribution < 1.29 is 23.1 Å². The largest absolute Gasteiger partial charge is 0.479 e. The number of hydrogen-bond acceptors (Lipinski definition) is 5. The summed E-state index contributed by atoms with van der Waals surface area (Å²) < 4.78 is 31.2. The number of morpholine rings is 1. The first-order chi connectivity index (χ1) is 8.77. The Hall–Kier alpha value is -0.670. The van der Waals surface area contributed by atoms with Crippen LogP contribution in [-0.4, -0.2) is 49.1 Å². The fourth-order valence-corrected chi connectivity index (χ4v) is 4.79. The lowest BCUT2D eigenvalue weighted by molar-refractivity contribution is -0.170. The highest BCUT2D eigenvalue weighted by Crippen LogP contribution is 2.31. The second-order valence-corrected chi connectivity index (χ2v) is 7.71. The summed E-state index contributed by atoms with van der Waals surface area (Å²) in [5.41, 5.74) is -1.53. The van der Waals surface area contributed by atoms with Crippen LogP contribution in [0.5, 0.6) is 0 Å². The predicted octanol–water partition coefficient (Wildman–Crippen LogP) is 1.27. The molecule has 0 bridgehead atoms. The first-order valence-electron chi connectivity index (χ1n) is 5.38. The van der Waals surface area contributed by atoms with Crippen molar-refractivity contribution in [1.82, 2.24) is 4.31 Å². The molecule has 6 nitrogen and oxygen atoms in total. The SMILES string of the molecule is CC1(C(=O)O)CN(S(=O)(=O)c2ccsc2Cl)CCO1. The maximum Gasteiger partial charge on any atom is 0.337 e. The Kier molecular flexibility index (Phi) is 3.90. The average molecular weight is 326 g/mol. The molecule has 0 radical (unpaired) electrons. The number of thiophene rings is 1. The van der Waals surface area contributed by atoms with Gasteiger partial charge in [0, 0.05) is 6.54 Å². The zero-order chi connectivity index (χ0) is 14.3. The van der Waals surface area contributed by atoms with Crippen LogP contribution >= 0.6 is 22.9 Å². The second-order valence-electron chi connectivity index (χ2n) is 4.28. The van der Waals surface area contributed by atoms with Crippen LogP contribution in [0, 0.1) is 0 Å². The monoisotopic (exact) mass is 325 g/mol. The van der Waals surface area contributed by atoms with Gasteiger partial charge in [0.25, 0.3) is 0 Å². The molecule has 0 amide bonds. The van der Waals surface area contributed by atoms with Gasteiger partial charge in [-0.2, -0.15) is 4.31 Å². The normalized spacial score (nSPS) is 25.4. The summed E-state index contributed by atoms with van der Waals surface area (Å²) in [6, 6.07) is 1.41. The fraction of sp³-hybridized carbons (Fsp3) is 0.500. The Bertz CT molecular complexity index is 599. The summed E-state index contributed by atoms with van der Waals surface area (Å²) >= 11 is 6.96. The van der Waals surface area contributed by atoms with Gasteiger partial charge in [0.05, 0.1) is 13.2 Å². The number of nitrogens with zero attached hydrogens (tertiary/aromatic N) is 1. The van der Waals surface area contributed by atoms with Gasteiger partial charge in [-0.05, 0) is 18.4 Å². The average Bonchev–Trinajstić information content (AvgIpc) is 2.76. The molecule has 1 unspecified atom stereocenters. The Labute approximate surface area is 119 Å². The van der Waals surface area contributed by atoms with Crippen LogP contribution in [0.15, 0.2) is 16.3 Å². The van der Waals surface area contributed by atoms with E-state index in [1.807, 2.05) is 0 Å². The van der Waals surface area contributed by atoms with Crippen molar-refractivity contribution in [2.24, 2.45) is 0 Å².